The summed E-state index contributed by atoms with van der Waals surface area (Å²) in [5, 5.41) is 9.40. The number of rotatable bonds is 8. The van der Waals surface area contributed by atoms with Gasteiger partial charge in [-0.15, -0.1) is 0 Å². The second-order valence-electron chi connectivity index (χ2n) is 6.69. The zero-order valence-corrected chi connectivity index (χ0v) is 16.2. The number of nitrogens with zero attached hydrogens (tertiary/aromatic N) is 2. The summed E-state index contributed by atoms with van der Waals surface area (Å²) in [4.78, 5) is 19.9. The highest BCUT2D eigenvalue weighted by molar-refractivity contribution is 5.79. The molecule has 0 fully saturated rings. The van der Waals surface area contributed by atoms with Gasteiger partial charge in [-0.25, -0.2) is 9.97 Å². The van der Waals surface area contributed by atoms with Crippen LogP contribution in [-0.4, -0.2) is 27.1 Å². The highest BCUT2D eigenvalue weighted by Crippen LogP contribution is 2.24. The summed E-state index contributed by atoms with van der Waals surface area (Å²) in [6.07, 6.45) is 2.12. The van der Waals surface area contributed by atoms with Gasteiger partial charge < -0.3 is 21.3 Å². The van der Waals surface area contributed by atoms with Crippen LogP contribution in [0.3, 0.4) is 0 Å². The quantitative estimate of drug-likeness (QED) is 0.541. The lowest BCUT2D eigenvalue weighted by Crippen LogP contribution is -2.34. The molecule has 0 aliphatic carbocycles. The van der Waals surface area contributed by atoms with Gasteiger partial charge in [0.25, 0.3) is 5.91 Å². The number of nitrogen functional groups attached to an aromatic ring is 1. The number of primary amides is 1. The van der Waals surface area contributed by atoms with Gasteiger partial charge >= 0.3 is 0 Å². The minimum atomic E-state index is -0.814. The van der Waals surface area contributed by atoms with Gasteiger partial charge in [-0.3, -0.25) is 4.79 Å². The van der Waals surface area contributed by atoms with E-state index in [-0.39, 0.29) is 5.75 Å². The summed E-state index contributed by atoms with van der Waals surface area (Å²) in [5.41, 5.74) is 15.2. The van der Waals surface area contributed by atoms with Crippen molar-refractivity contribution < 1.29 is 14.6 Å². The van der Waals surface area contributed by atoms with E-state index < -0.39 is 12.0 Å². The molecule has 3 rings (SSSR count). The van der Waals surface area contributed by atoms with E-state index in [1.807, 2.05) is 43.3 Å². The van der Waals surface area contributed by atoms with Crippen LogP contribution in [0.25, 0.3) is 11.1 Å². The third kappa shape index (κ3) is 5.01. The fraction of sp³-hybridized carbons (Fsp3) is 0.227. The van der Waals surface area contributed by atoms with Crippen molar-refractivity contribution >= 4 is 11.7 Å². The van der Waals surface area contributed by atoms with Crippen LogP contribution >= 0.6 is 0 Å². The number of phenols is 1. The monoisotopic (exact) mass is 392 g/mol. The maximum atomic E-state index is 11.9. The largest absolute Gasteiger partial charge is 0.508 e. The Hall–Kier alpha value is -3.61. The molecule has 0 aliphatic rings. The first-order valence-electron chi connectivity index (χ1n) is 9.41. The number of amides is 1. The predicted molar refractivity (Wildman–Crippen MR) is 111 cm³/mol. The molecule has 29 heavy (non-hydrogen) atoms. The molecule has 1 heterocycles. The normalized spacial score (nSPS) is 11.8. The van der Waals surface area contributed by atoms with Crippen molar-refractivity contribution in [1.29, 1.82) is 0 Å². The number of aromatic hydroxyl groups is 1. The summed E-state index contributed by atoms with van der Waals surface area (Å²) < 4.78 is 5.78. The summed E-state index contributed by atoms with van der Waals surface area (Å²) in [5.74, 6) is 0.321. The third-order valence-corrected chi connectivity index (χ3v) is 4.71. The van der Waals surface area contributed by atoms with Gasteiger partial charge in [-0.2, -0.15) is 0 Å². The molecule has 1 atom stereocenters. The Morgan fingerprint density at radius 3 is 2.28 bits per heavy atom. The lowest BCUT2D eigenvalue weighted by Gasteiger charge is -2.17. The van der Waals surface area contributed by atoms with Gasteiger partial charge in [-0.1, -0.05) is 43.3 Å². The van der Waals surface area contributed by atoms with Crippen LogP contribution in [0, 0.1) is 0 Å². The van der Waals surface area contributed by atoms with E-state index >= 15 is 0 Å². The minimum absolute atomic E-state index is 0.236. The summed E-state index contributed by atoms with van der Waals surface area (Å²) in [7, 11) is 0. The third-order valence-electron chi connectivity index (χ3n) is 4.71. The molecule has 3 aromatic rings. The van der Waals surface area contributed by atoms with Crippen molar-refractivity contribution in [3.63, 3.8) is 0 Å². The van der Waals surface area contributed by atoms with E-state index in [4.69, 9.17) is 16.2 Å². The van der Waals surface area contributed by atoms with Gasteiger partial charge in [-0.05, 0) is 48.1 Å². The lowest BCUT2D eigenvalue weighted by atomic mass is 10.0. The number of ether oxygens (including phenoxy) is 1. The standard InChI is InChI=1S/C22H24N4O3/c1-2-18-20(23)25-13-26-22(18)29-19(21(24)28)12-5-14-3-6-15(7-4-14)16-8-10-17(27)11-9-16/h3-4,6-11,13,19,27H,2,5,12H2,1H3,(H2,24,28)(H2,23,25,26). The zero-order chi connectivity index (χ0) is 20.8. The number of carbonyl (C=O) groups is 1. The van der Waals surface area contributed by atoms with E-state index in [1.165, 1.54) is 6.33 Å². The van der Waals surface area contributed by atoms with E-state index in [0.29, 0.717) is 36.5 Å². The van der Waals surface area contributed by atoms with Crippen molar-refractivity contribution in [2.45, 2.75) is 32.3 Å². The molecule has 150 valence electrons. The van der Waals surface area contributed by atoms with Crippen molar-refractivity contribution in [2.24, 2.45) is 5.73 Å². The van der Waals surface area contributed by atoms with E-state index in [0.717, 1.165) is 16.7 Å². The molecule has 5 N–H and O–H groups in total. The molecule has 7 heteroatoms. The van der Waals surface area contributed by atoms with Crippen molar-refractivity contribution in [1.82, 2.24) is 9.97 Å². The number of hydrogen-bond acceptors (Lipinski definition) is 6. The van der Waals surface area contributed by atoms with E-state index in [1.54, 1.807) is 12.1 Å². The smallest absolute Gasteiger partial charge is 0.258 e. The highest BCUT2D eigenvalue weighted by atomic mass is 16.5. The first kappa shape index (κ1) is 20.1. The zero-order valence-electron chi connectivity index (χ0n) is 16.2. The van der Waals surface area contributed by atoms with Gasteiger partial charge in [0.2, 0.25) is 5.88 Å². The topological polar surface area (TPSA) is 124 Å². The van der Waals surface area contributed by atoms with Crippen LogP contribution in [0.1, 0.15) is 24.5 Å². The average molecular weight is 392 g/mol. The van der Waals surface area contributed by atoms with Crippen LogP contribution in [0.4, 0.5) is 5.82 Å². The summed E-state index contributed by atoms with van der Waals surface area (Å²) in [6, 6.07) is 15.0. The molecule has 0 radical (unpaired) electrons. The molecule has 1 amide bonds. The molecule has 0 aliphatic heterocycles. The van der Waals surface area contributed by atoms with Crippen LogP contribution in [0.5, 0.6) is 11.6 Å². The number of aromatic nitrogens is 2. The van der Waals surface area contributed by atoms with Crippen LogP contribution in [0.2, 0.25) is 0 Å². The molecular formula is C22H24N4O3. The molecule has 1 aromatic heterocycles. The number of carbonyl (C=O) groups excluding carboxylic acids is 1. The Bertz CT molecular complexity index is 972. The van der Waals surface area contributed by atoms with Crippen molar-refractivity contribution in [2.75, 3.05) is 5.73 Å². The molecule has 0 saturated carbocycles. The second kappa shape index (κ2) is 9.05. The molecule has 1 unspecified atom stereocenters. The van der Waals surface area contributed by atoms with Gasteiger partial charge in [0, 0.05) is 0 Å². The predicted octanol–water partition coefficient (Wildman–Crippen LogP) is 2.86. The number of benzene rings is 2. The first-order valence-corrected chi connectivity index (χ1v) is 9.41. The van der Waals surface area contributed by atoms with Crippen LogP contribution in [0.15, 0.2) is 54.9 Å². The van der Waals surface area contributed by atoms with Crippen LogP contribution in [-0.2, 0) is 17.6 Å². The van der Waals surface area contributed by atoms with Crippen molar-refractivity contribution in [3.05, 3.63) is 66.0 Å². The van der Waals surface area contributed by atoms with Gasteiger partial charge in [0.15, 0.2) is 6.10 Å². The second-order valence-corrected chi connectivity index (χ2v) is 6.69. The Morgan fingerprint density at radius 2 is 1.69 bits per heavy atom. The number of hydrogen-bond donors (Lipinski definition) is 3. The number of nitrogens with two attached hydrogens (primary N) is 2. The fourth-order valence-corrected chi connectivity index (χ4v) is 3.05. The highest BCUT2D eigenvalue weighted by Gasteiger charge is 2.20. The van der Waals surface area contributed by atoms with Gasteiger partial charge in [0.1, 0.15) is 17.9 Å². The fourth-order valence-electron chi connectivity index (χ4n) is 3.05. The number of phenolic OH excluding ortho intramolecular Hbond substituents is 1. The summed E-state index contributed by atoms with van der Waals surface area (Å²) in [6.45, 7) is 1.91. The average Bonchev–Trinajstić information content (AvgIpc) is 2.72. The molecule has 0 spiro atoms. The SMILES string of the molecule is CCc1c(N)ncnc1OC(CCc1ccc(-c2ccc(O)cc2)cc1)C(N)=O. The molecule has 7 nitrogen and oxygen atoms in total. The molecule has 0 saturated heterocycles. The molecule has 2 aromatic carbocycles. The van der Waals surface area contributed by atoms with E-state index in [2.05, 4.69) is 9.97 Å². The Labute approximate surface area is 169 Å². The maximum absolute atomic E-state index is 11.9. The molecular weight excluding hydrogens is 368 g/mol. The maximum Gasteiger partial charge on any atom is 0.258 e. The van der Waals surface area contributed by atoms with Crippen molar-refractivity contribution in [3.8, 4) is 22.8 Å². The minimum Gasteiger partial charge on any atom is -0.508 e. The number of aryl methyl sites for hydroxylation is 1. The van der Waals surface area contributed by atoms with Gasteiger partial charge in [0.05, 0.1) is 5.56 Å². The van der Waals surface area contributed by atoms with Crippen LogP contribution < -0.4 is 16.2 Å². The molecule has 0 bridgehead atoms. The Balaban J connectivity index is 1.67. The lowest BCUT2D eigenvalue weighted by molar-refractivity contribution is -0.125. The Kier molecular flexibility index (Phi) is 6.29. The number of anilines is 1. The Morgan fingerprint density at radius 1 is 1.07 bits per heavy atom. The first-order chi connectivity index (χ1) is 14.0. The summed E-state index contributed by atoms with van der Waals surface area (Å²) >= 11 is 0. The van der Waals surface area contributed by atoms with E-state index in [9.17, 15) is 9.90 Å².